The average Bonchev–Trinajstić information content (AvgIpc) is 3.05. The molecule has 3 N–H and O–H groups in total. The van der Waals surface area contributed by atoms with Crippen LogP contribution in [0.3, 0.4) is 0 Å². The first kappa shape index (κ1) is 22.5. The smallest absolute Gasteiger partial charge is 0.320 e. The fraction of sp³-hybridized carbons (Fsp3) is 0.500. The van der Waals surface area contributed by atoms with Gasteiger partial charge in [0.2, 0.25) is 5.91 Å². The summed E-state index contributed by atoms with van der Waals surface area (Å²) < 4.78 is 1.80. The minimum atomic E-state index is -0.436. The molecule has 2 rings (SSSR count). The van der Waals surface area contributed by atoms with Gasteiger partial charge in [0.25, 0.3) is 0 Å². The number of rotatable bonds is 6. The molecule has 0 aliphatic rings. The van der Waals surface area contributed by atoms with Crippen LogP contribution in [0.4, 0.5) is 10.6 Å². The average molecular weight is 400 g/mol. The maximum atomic E-state index is 12.3. The number of hydrogen-bond acceptors (Lipinski definition) is 3. The van der Waals surface area contributed by atoms with Crippen LogP contribution in [0.5, 0.6) is 0 Å². The Labute approximate surface area is 173 Å². The maximum absolute atomic E-state index is 12.3. The lowest BCUT2D eigenvalue weighted by Crippen LogP contribution is -2.40. The molecular weight excluding hydrogens is 366 g/mol. The van der Waals surface area contributed by atoms with Crippen molar-refractivity contribution >= 4 is 17.8 Å². The molecule has 0 saturated carbocycles. The van der Waals surface area contributed by atoms with Crippen LogP contribution in [-0.4, -0.2) is 34.8 Å². The van der Waals surface area contributed by atoms with Gasteiger partial charge in [-0.15, -0.1) is 0 Å². The number of benzene rings is 1. The van der Waals surface area contributed by atoms with E-state index in [2.05, 4.69) is 41.8 Å². The van der Waals surface area contributed by atoms with Crippen molar-refractivity contribution in [2.45, 2.75) is 58.9 Å². The highest BCUT2D eigenvalue weighted by molar-refractivity contribution is 5.91. The monoisotopic (exact) mass is 399 g/mol. The molecule has 7 heteroatoms. The highest BCUT2D eigenvalue weighted by Gasteiger charge is 2.25. The number of amides is 3. The topological polar surface area (TPSA) is 88.0 Å². The van der Waals surface area contributed by atoms with Crippen LogP contribution in [0, 0.1) is 0 Å². The minimum absolute atomic E-state index is 0.0869. The largest absolute Gasteiger partial charge is 0.354 e. The van der Waals surface area contributed by atoms with Crippen LogP contribution in [0.15, 0.2) is 36.4 Å². The third-order valence-corrected chi connectivity index (χ3v) is 4.34. The Kier molecular flexibility index (Phi) is 7.06. The quantitative estimate of drug-likeness (QED) is 0.695. The normalized spacial score (nSPS) is 11.8. The lowest BCUT2D eigenvalue weighted by atomic mass is 9.92. The Morgan fingerprint density at radius 3 is 2.24 bits per heavy atom. The standard InChI is InChI=1S/C22H33N5O2/c1-21(2,3)17-14-18(27(26-17)22(4,5)6)25-20(29)24-15-19(28)23-13-12-16-10-8-7-9-11-16/h7-11,14H,12-13,15H2,1-6H3,(H,23,28)(H2,24,25,29). The highest BCUT2D eigenvalue weighted by Crippen LogP contribution is 2.28. The second-order valence-corrected chi connectivity index (χ2v) is 9.14. The molecule has 1 aromatic carbocycles. The molecule has 29 heavy (non-hydrogen) atoms. The first-order chi connectivity index (χ1) is 13.5. The van der Waals surface area contributed by atoms with Crippen LogP contribution in [-0.2, 0) is 22.2 Å². The van der Waals surface area contributed by atoms with Gasteiger partial charge in [0, 0.05) is 18.0 Å². The minimum Gasteiger partial charge on any atom is -0.354 e. The fourth-order valence-electron chi connectivity index (χ4n) is 2.72. The molecule has 0 saturated heterocycles. The van der Waals surface area contributed by atoms with Crippen LogP contribution >= 0.6 is 0 Å². The second kappa shape index (κ2) is 9.11. The van der Waals surface area contributed by atoms with Gasteiger partial charge in [0.05, 0.1) is 17.8 Å². The van der Waals surface area contributed by atoms with Gasteiger partial charge in [0.1, 0.15) is 5.82 Å². The van der Waals surface area contributed by atoms with Crippen molar-refractivity contribution in [1.29, 1.82) is 0 Å². The molecule has 0 unspecified atom stereocenters. The summed E-state index contributed by atoms with van der Waals surface area (Å²) in [6, 6.07) is 11.4. The molecule has 0 radical (unpaired) electrons. The molecule has 1 heterocycles. The number of anilines is 1. The first-order valence-electron chi connectivity index (χ1n) is 9.93. The molecule has 1 aromatic heterocycles. The van der Waals surface area contributed by atoms with Crippen molar-refractivity contribution < 1.29 is 9.59 Å². The van der Waals surface area contributed by atoms with Crippen molar-refractivity contribution in [3.63, 3.8) is 0 Å². The number of nitrogens with zero attached hydrogens (tertiary/aromatic N) is 2. The lowest BCUT2D eigenvalue weighted by Gasteiger charge is -2.23. The molecule has 7 nitrogen and oxygen atoms in total. The Morgan fingerprint density at radius 2 is 1.66 bits per heavy atom. The molecule has 0 aliphatic carbocycles. The lowest BCUT2D eigenvalue weighted by molar-refractivity contribution is -0.120. The van der Waals surface area contributed by atoms with E-state index in [0.29, 0.717) is 12.4 Å². The van der Waals surface area contributed by atoms with Gasteiger partial charge in [0.15, 0.2) is 0 Å². The summed E-state index contributed by atoms with van der Waals surface area (Å²) in [5.41, 5.74) is 1.62. The third-order valence-electron chi connectivity index (χ3n) is 4.34. The molecule has 0 spiro atoms. The number of urea groups is 1. The summed E-state index contributed by atoms with van der Waals surface area (Å²) in [6.07, 6.45) is 0.749. The highest BCUT2D eigenvalue weighted by atomic mass is 16.2. The number of hydrogen-bond donors (Lipinski definition) is 3. The Balaban J connectivity index is 1.87. The van der Waals surface area contributed by atoms with Gasteiger partial charge in [-0.25, -0.2) is 9.48 Å². The van der Waals surface area contributed by atoms with E-state index in [0.717, 1.165) is 17.7 Å². The van der Waals surface area contributed by atoms with Gasteiger partial charge in [-0.1, -0.05) is 51.1 Å². The van der Waals surface area contributed by atoms with E-state index in [4.69, 9.17) is 0 Å². The van der Waals surface area contributed by atoms with Crippen molar-refractivity contribution in [2.24, 2.45) is 0 Å². The predicted octanol–water partition coefficient (Wildman–Crippen LogP) is 3.42. The van der Waals surface area contributed by atoms with E-state index in [1.165, 1.54) is 0 Å². The van der Waals surface area contributed by atoms with Crippen LogP contribution in [0.2, 0.25) is 0 Å². The van der Waals surface area contributed by atoms with Crippen LogP contribution in [0.25, 0.3) is 0 Å². The molecule has 0 fully saturated rings. The molecule has 3 amide bonds. The van der Waals surface area contributed by atoms with Crippen molar-refractivity contribution in [3.8, 4) is 0 Å². The van der Waals surface area contributed by atoms with Crippen molar-refractivity contribution in [1.82, 2.24) is 20.4 Å². The van der Waals surface area contributed by atoms with Crippen LogP contribution < -0.4 is 16.0 Å². The van der Waals surface area contributed by atoms with E-state index in [1.807, 2.05) is 57.2 Å². The summed E-state index contributed by atoms with van der Waals surface area (Å²) in [7, 11) is 0. The van der Waals surface area contributed by atoms with Gasteiger partial charge in [-0.05, 0) is 32.8 Å². The number of aromatic nitrogens is 2. The Bertz CT molecular complexity index is 829. The SMILES string of the molecule is CC(C)(C)c1cc(NC(=O)NCC(=O)NCCc2ccccc2)n(C(C)(C)C)n1. The van der Waals surface area contributed by atoms with Gasteiger partial charge < -0.3 is 10.6 Å². The summed E-state index contributed by atoms with van der Waals surface area (Å²) >= 11 is 0. The van der Waals surface area contributed by atoms with Gasteiger partial charge in [-0.2, -0.15) is 5.10 Å². The van der Waals surface area contributed by atoms with E-state index in [9.17, 15) is 9.59 Å². The zero-order valence-electron chi connectivity index (χ0n) is 18.3. The van der Waals surface area contributed by atoms with E-state index in [-0.39, 0.29) is 23.4 Å². The summed E-state index contributed by atoms with van der Waals surface area (Å²) in [6.45, 7) is 12.7. The molecule has 158 valence electrons. The maximum Gasteiger partial charge on any atom is 0.320 e. The zero-order valence-corrected chi connectivity index (χ0v) is 18.3. The first-order valence-corrected chi connectivity index (χ1v) is 9.93. The van der Waals surface area contributed by atoms with Gasteiger partial charge >= 0.3 is 6.03 Å². The number of carbonyl (C=O) groups excluding carboxylic acids is 2. The van der Waals surface area contributed by atoms with Crippen LogP contribution in [0.1, 0.15) is 52.8 Å². The van der Waals surface area contributed by atoms with E-state index in [1.54, 1.807) is 4.68 Å². The molecular formula is C22H33N5O2. The third kappa shape index (κ3) is 6.93. The zero-order chi connectivity index (χ0) is 21.7. The summed E-state index contributed by atoms with van der Waals surface area (Å²) in [5, 5.41) is 12.9. The van der Waals surface area contributed by atoms with E-state index >= 15 is 0 Å². The fourth-order valence-corrected chi connectivity index (χ4v) is 2.72. The van der Waals surface area contributed by atoms with Gasteiger partial charge in [-0.3, -0.25) is 10.1 Å². The molecule has 2 aromatic rings. The Morgan fingerprint density at radius 1 is 1.00 bits per heavy atom. The van der Waals surface area contributed by atoms with E-state index < -0.39 is 6.03 Å². The van der Waals surface area contributed by atoms with Crippen molar-refractivity contribution in [3.05, 3.63) is 47.7 Å². The van der Waals surface area contributed by atoms with Crippen molar-refractivity contribution in [2.75, 3.05) is 18.4 Å². The second-order valence-electron chi connectivity index (χ2n) is 9.14. The Hall–Kier alpha value is -2.83. The number of carbonyl (C=O) groups is 2. The predicted molar refractivity (Wildman–Crippen MR) is 116 cm³/mol. The molecule has 0 aliphatic heterocycles. The molecule has 0 bridgehead atoms. The summed E-state index contributed by atoms with van der Waals surface area (Å²) in [4.78, 5) is 24.3. The number of nitrogens with one attached hydrogen (secondary N) is 3. The summed E-state index contributed by atoms with van der Waals surface area (Å²) in [5.74, 6) is 0.375. The molecule has 0 atom stereocenters.